The highest BCUT2D eigenvalue weighted by Gasteiger charge is 2.39. The number of hydrogen-bond acceptors (Lipinski definition) is 6. The lowest BCUT2D eigenvalue weighted by Gasteiger charge is -2.45. The summed E-state index contributed by atoms with van der Waals surface area (Å²) in [4.78, 5) is 1.26. The second-order valence-electron chi connectivity index (χ2n) is 12.1. The van der Waals surface area contributed by atoms with E-state index in [0.29, 0.717) is 47.2 Å². The van der Waals surface area contributed by atoms with Gasteiger partial charge in [0.05, 0.1) is 13.2 Å². The van der Waals surface area contributed by atoms with Gasteiger partial charge in [0.25, 0.3) is 0 Å². The van der Waals surface area contributed by atoms with E-state index in [4.69, 9.17) is 18.9 Å². The van der Waals surface area contributed by atoms with Crippen molar-refractivity contribution in [3.05, 3.63) is 0 Å². The number of ether oxygens (including phenoxy) is 4. The molecule has 0 aromatic heterocycles. The molecule has 2 saturated carbocycles. The van der Waals surface area contributed by atoms with Crippen molar-refractivity contribution in [2.24, 2.45) is 35.5 Å². The maximum Gasteiger partial charge on any atom is 0.146 e. The molecular formula is C28H50Br2N2O4. The second kappa shape index (κ2) is 15.5. The zero-order valence-electron chi connectivity index (χ0n) is 22.5. The molecule has 36 heavy (non-hydrogen) atoms. The Morgan fingerprint density at radius 1 is 0.583 bits per heavy atom. The third-order valence-corrected chi connectivity index (χ3v) is 11.0. The molecule has 8 heteroatoms. The van der Waals surface area contributed by atoms with Crippen LogP contribution in [0, 0.1) is 35.5 Å². The van der Waals surface area contributed by atoms with Gasteiger partial charge in [-0.2, -0.15) is 0 Å². The lowest BCUT2D eigenvalue weighted by atomic mass is 9.70. The minimum Gasteiger partial charge on any atom is -0.359 e. The van der Waals surface area contributed by atoms with Gasteiger partial charge in [-0.25, -0.2) is 0 Å². The molecule has 2 saturated heterocycles. The molecule has 2 N–H and O–H groups in total. The molecule has 2 aliphatic carbocycles. The predicted molar refractivity (Wildman–Crippen MR) is 152 cm³/mol. The van der Waals surface area contributed by atoms with Crippen molar-refractivity contribution in [3.63, 3.8) is 0 Å². The van der Waals surface area contributed by atoms with Crippen LogP contribution in [0.4, 0.5) is 0 Å². The van der Waals surface area contributed by atoms with Crippen LogP contribution in [0.3, 0.4) is 0 Å². The van der Waals surface area contributed by atoms with Crippen LogP contribution >= 0.6 is 31.9 Å². The fourth-order valence-electron chi connectivity index (χ4n) is 7.74. The van der Waals surface area contributed by atoms with Gasteiger partial charge < -0.3 is 29.6 Å². The van der Waals surface area contributed by atoms with E-state index in [-0.39, 0.29) is 0 Å². The summed E-state index contributed by atoms with van der Waals surface area (Å²) >= 11 is 7.90. The molecule has 210 valence electrons. The fraction of sp³-hybridized carbons (Fsp3) is 1.00. The number of hydrogen-bond donors (Lipinski definition) is 2. The Bertz CT molecular complexity index is 564. The predicted octanol–water partition coefficient (Wildman–Crippen LogP) is 5.32. The number of methoxy groups -OCH3 is 2. The molecule has 4 rings (SSSR count). The average molecular weight is 639 g/mol. The van der Waals surface area contributed by atoms with Crippen molar-refractivity contribution < 1.29 is 18.9 Å². The largest absolute Gasteiger partial charge is 0.359 e. The molecule has 0 aromatic carbocycles. The highest BCUT2D eigenvalue weighted by Crippen LogP contribution is 2.42. The summed E-state index contributed by atoms with van der Waals surface area (Å²) in [6.07, 6.45) is 13.1. The van der Waals surface area contributed by atoms with E-state index < -0.39 is 0 Å². The molecule has 4 fully saturated rings. The average Bonchev–Trinajstić information content (AvgIpc) is 2.89. The van der Waals surface area contributed by atoms with Gasteiger partial charge >= 0.3 is 0 Å². The second-order valence-corrected chi connectivity index (χ2v) is 14.7. The Labute approximate surface area is 236 Å². The van der Waals surface area contributed by atoms with Gasteiger partial charge in [0.2, 0.25) is 0 Å². The fourth-order valence-corrected chi connectivity index (χ4v) is 9.76. The maximum atomic E-state index is 5.71. The SMILES string of the molecule is COCOCC1CC(Br)CC(C2CCC(C3CCC(C4CC(Br)CC(COCOC)C4)CN3)NC2)C1. The van der Waals surface area contributed by atoms with E-state index in [2.05, 4.69) is 42.5 Å². The van der Waals surface area contributed by atoms with Crippen LogP contribution < -0.4 is 10.6 Å². The number of alkyl halides is 2. The van der Waals surface area contributed by atoms with Crippen molar-refractivity contribution >= 4 is 31.9 Å². The monoisotopic (exact) mass is 636 g/mol. The molecule has 0 amide bonds. The van der Waals surface area contributed by atoms with E-state index in [0.717, 1.165) is 36.9 Å². The maximum absolute atomic E-state index is 5.71. The lowest BCUT2D eigenvalue weighted by molar-refractivity contribution is -0.0513. The van der Waals surface area contributed by atoms with Gasteiger partial charge in [0, 0.05) is 36.0 Å². The summed E-state index contributed by atoms with van der Waals surface area (Å²) in [7, 11) is 3.40. The summed E-state index contributed by atoms with van der Waals surface area (Å²) in [5.74, 6) is 4.53. The van der Waals surface area contributed by atoms with E-state index in [1.54, 1.807) is 14.2 Å². The minimum atomic E-state index is 0.414. The summed E-state index contributed by atoms with van der Waals surface area (Å²) in [6, 6.07) is 1.27. The van der Waals surface area contributed by atoms with E-state index in [1.165, 1.54) is 77.3 Å². The van der Waals surface area contributed by atoms with E-state index >= 15 is 0 Å². The van der Waals surface area contributed by atoms with Crippen molar-refractivity contribution in [1.82, 2.24) is 10.6 Å². The van der Waals surface area contributed by atoms with Crippen LogP contribution in [-0.2, 0) is 18.9 Å². The van der Waals surface area contributed by atoms with Crippen LogP contribution in [0.1, 0.15) is 64.2 Å². The zero-order chi connectivity index (χ0) is 25.3. The molecule has 2 aliphatic heterocycles. The summed E-state index contributed by atoms with van der Waals surface area (Å²) in [5.41, 5.74) is 0. The van der Waals surface area contributed by atoms with Gasteiger partial charge in [-0.05, 0) is 113 Å². The molecule has 0 aromatic rings. The third kappa shape index (κ3) is 8.87. The molecule has 0 radical (unpaired) electrons. The van der Waals surface area contributed by atoms with Crippen molar-refractivity contribution in [1.29, 1.82) is 0 Å². The third-order valence-electron chi connectivity index (χ3n) is 9.48. The molecule has 0 bridgehead atoms. The number of piperidine rings is 2. The Morgan fingerprint density at radius 2 is 1.03 bits per heavy atom. The normalized spacial score (nSPS) is 42.3. The Balaban J connectivity index is 1.17. The summed E-state index contributed by atoms with van der Waals surface area (Å²) in [6.45, 7) is 4.85. The smallest absolute Gasteiger partial charge is 0.146 e. The highest BCUT2D eigenvalue weighted by molar-refractivity contribution is 9.09. The zero-order valence-corrected chi connectivity index (χ0v) is 25.6. The van der Waals surface area contributed by atoms with Crippen molar-refractivity contribution in [3.8, 4) is 0 Å². The summed E-state index contributed by atoms with van der Waals surface area (Å²) < 4.78 is 21.6. The van der Waals surface area contributed by atoms with Crippen LogP contribution in [0.15, 0.2) is 0 Å². The van der Waals surface area contributed by atoms with Gasteiger partial charge in [-0.15, -0.1) is 0 Å². The quantitative estimate of drug-likeness (QED) is 0.182. The van der Waals surface area contributed by atoms with Crippen LogP contribution in [0.5, 0.6) is 0 Å². The first-order valence-corrected chi connectivity index (χ1v) is 16.3. The van der Waals surface area contributed by atoms with Crippen molar-refractivity contribution in [2.75, 3.05) is 54.1 Å². The molecule has 10 unspecified atom stereocenters. The Kier molecular flexibility index (Phi) is 12.8. The van der Waals surface area contributed by atoms with Gasteiger partial charge in [0.15, 0.2) is 0 Å². The minimum absolute atomic E-state index is 0.414. The van der Waals surface area contributed by atoms with Crippen LogP contribution in [0.25, 0.3) is 0 Å². The first-order chi connectivity index (χ1) is 17.6. The van der Waals surface area contributed by atoms with Crippen molar-refractivity contribution in [2.45, 2.75) is 85.9 Å². The molecular weight excluding hydrogens is 588 g/mol. The topological polar surface area (TPSA) is 61.0 Å². The van der Waals surface area contributed by atoms with Crippen LogP contribution in [0.2, 0.25) is 0 Å². The number of nitrogens with one attached hydrogen (secondary N) is 2. The lowest BCUT2D eigenvalue weighted by Crippen LogP contribution is -2.56. The molecule has 6 nitrogen and oxygen atoms in total. The van der Waals surface area contributed by atoms with E-state index in [9.17, 15) is 0 Å². The highest BCUT2D eigenvalue weighted by atomic mass is 79.9. The molecule has 0 spiro atoms. The van der Waals surface area contributed by atoms with Crippen LogP contribution in [-0.4, -0.2) is 75.8 Å². The number of rotatable bonds is 11. The van der Waals surface area contributed by atoms with Gasteiger partial charge in [0.1, 0.15) is 13.6 Å². The van der Waals surface area contributed by atoms with Gasteiger partial charge in [-0.3, -0.25) is 0 Å². The Hall–Kier alpha value is 0.720. The first-order valence-electron chi connectivity index (χ1n) is 14.4. The standard InChI is InChI=1S/C28H50Br2N2O4/c1-33-17-35-15-19-7-23(11-25(29)9-19)21-3-5-27(31-13-21)28-6-4-22(14-32-28)24-8-20(10-26(30)12-24)16-36-18-34-2/h19-28,31-32H,3-18H2,1-2H3. The van der Waals surface area contributed by atoms with Gasteiger partial charge in [-0.1, -0.05) is 31.9 Å². The van der Waals surface area contributed by atoms with E-state index in [1.807, 2.05) is 0 Å². The Morgan fingerprint density at radius 3 is 1.39 bits per heavy atom. The molecule has 2 heterocycles. The molecule has 4 aliphatic rings. The molecule has 10 atom stereocenters. The first kappa shape index (κ1) is 29.7. The number of halogens is 2. The summed E-state index contributed by atoms with van der Waals surface area (Å²) in [5, 5.41) is 7.98.